The molecule has 1 fully saturated rings. The molecule has 0 spiro atoms. The normalized spacial score (nSPS) is 18.6. The Morgan fingerprint density at radius 1 is 1.22 bits per heavy atom. The van der Waals surface area contributed by atoms with Crippen molar-refractivity contribution in [3.8, 4) is 0 Å². The number of nitrogens with one attached hydrogen (secondary N) is 1. The fraction of sp³-hybridized carbons (Fsp3) is 0.400. The maximum Gasteiger partial charge on any atom is 0.257 e. The van der Waals surface area contributed by atoms with Gasteiger partial charge in [-0.05, 0) is 43.9 Å². The number of aromatic nitrogens is 1. The number of hydrogen-bond donors (Lipinski definition) is 1. The summed E-state index contributed by atoms with van der Waals surface area (Å²) in [5.41, 5.74) is 3.24. The number of nitrogens with zero attached hydrogens (tertiary/aromatic N) is 2. The van der Waals surface area contributed by atoms with Crippen molar-refractivity contribution in [3.63, 3.8) is 0 Å². The van der Waals surface area contributed by atoms with Gasteiger partial charge in [0.1, 0.15) is 0 Å². The number of carbonyl (C=O) groups excluding carboxylic acids is 1. The molecule has 1 aromatic heterocycles. The van der Waals surface area contributed by atoms with Crippen LogP contribution in [0.3, 0.4) is 0 Å². The first-order valence-corrected chi connectivity index (χ1v) is 9.18. The highest BCUT2D eigenvalue weighted by Crippen LogP contribution is 2.37. The van der Waals surface area contributed by atoms with Crippen molar-refractivity contribution in [1.29, 1.82) is 0 Å². The minimum absolute atomic E-state index is 0. The Morgan fingerprint density at radius 3 is 2.96 bits per heavy atom. The molecule has 7 heteroatoms. The second kappa shape index (κ2) is 9.17. The summed E-state index contributed by atoms with van der Waals surface area (Å²) in [6, 6.07) is 9.49. The van der Waals surface area contributed by atoms with Crippen molar-refractivity contribution in [3.05, 3.63) is 48.3 Å². The number of rotatable bonds is 5. The number of fused-ring (bicyclic) bond motifs is 2. The predicted octanol–water partition coefficient (Wildman–Crippen LogP) is 4.14. The Hall–Kier alpha value is -2.15. The van der Waals surface area contributed by atoms with Gasteiger partial charge in [0.25, 0.3) is 5.91 Å². The van der Waals surface area contributed by atoms with Crippen LogP contribution in [0, 0.1) is 0 Å². The summed E-state index contributed by atoms with van der Waals surface area (Å²) in [6.45, 7) is 2.15. The second-order valence-electron chi connectivity index (χ2n) is 6.54. The third-order valence-corrected chi connectivity index (χ3v) is 4.75. The van der Waals surface area contributed by atoms with E-state index in [2.05, 4.69) is 15.2 Å². The number of benzene rings is 1. The molecule has 1 atom stereocenters. The fourth-order valence-electron chi connectivity index (χ4n) is 3.45. The van der Waals surface area contributed by atoms with Crippen LogP contribution in [-0.2, 0) is 9.47 Å². The van der Waals surface area contributed by atoms with E-state index in [1.807, 2.05) is 30.3 Å². The van der Waals surface area contributed by atoms with Crippen LogP contribution in [0.5, 0.6) is 0 Å². The summed E-state index contributed by atoms with van der Waals surface area (Å²) in [5, 5.41) is 2.98. The Bertz CT molecular complexity index is 781. The SMILES string of the molecule is Cl.O=C1Nc2ccncc2N(CCCOC2CCCCO2)c2ccccc21. The van der Waals surface area contributed by atoms with Crippen LogP contribution < -0.4 is 10.2 Å². The van der Waals surface area contributed by atoms with E-state index in [-0.39, 0.29) is 24.6 Å². The van der Waals surface area contributed by atoms with Crippen LogP contribution in [0.1, 0.15) is 36.0 Å². The quantitative estimate of drug-likeness (QED) is 0.778. The second-order valence-corrected chi connectivity index (χ2v) is 6.54. The van der Waals surface area contributed by atoms with E-state index in [4.69, 9.17) is 9.47 Å². The van der Waals surface area contributed by atoms with Crippen molar-refractivity contribution < 1.29 is 14.3 Å². The van der Waals surface area contributed by atoms with Gasteiger partial charge >= 0.3 is 0 Å². The first kappa shape index (κ1) is 19.6. The topological polar surface area (TPSA) is 63.7 Å². The molecule has 0 bridgehead atoms. The molecule has 0 radical (unpaired) electrons. The van der Waals surface area contributed by atoms with Crippen molar-refractivity contribution in [2.45, 2.75) is 32.0 Å². The Balaban J connectivity index is 0.00000210. The number of hydrogen-bond acceptors (Lipinski definition) is 5. The van der Waals surface area contributed by atoms with Crippen LogP contribution in [0.15, 0.2) is 42.7 Å². The smallest absolute Gasteiger partial charge is 0.257 e. The van der Waals surface area contributed by atoms with Gasteiger partial charge in [0.15, 0.2) is 6.29 Å². The first-order chi connectivity index (χ1) is 12.8. The van der Waals surface area contributed by atoms with Crippen molar-refractivity contribution in [2.75, 3.05) is 30.0 Å². The van der Waals surface area contributed by atoms with Crippen molar-refractivity contribution in [2.24, 2.45) is 0 Å². The first-order valence-electron chi connectivity index (χ1n) is 9.18. The molecule has 1 unspecified atom stereocenters. The summed E-state index contributed by atoms with van der Waals surface area (Å²) in [4.78, 5) is 18.9. The number of para-hydroxylation sites is 1. The molecule has 1 amide bonds. The van der Waals surface area contributed by atoms with Gasteiger partial charge < -0.3 is 19.7 Å². The molecule has 6 nitrogen and oxygen atoms in total. The van der Waals surface area contributed by atoms with E-state index in [0.29, 0.717) is 12.2 Å². The maximum atomic E-state index is 12.6. The fourth-order valence-corrected chi connectivity index (χ4v) is 3.45. The summed E-state index contributed by atoms with van der Waals surface area (Å²) < 4.78 is 11.5. The lowest BCUT2D eigenvalue weighted by atomic mass is 10.1. The lowest BCUT2D eigenvalue weighted by Gasteiger charge is -2.26. The van der Waals surface area contributed by atoms with Gasteiger partial charge in [0.05, 0.1) is 35.4 Å². The highest BCUT2D eigenvalue weighted by molar-refractivity contribution is 6.12. The van der Waals surface area contributed by atoms with Gasteiger partial charge in [0, 0.05) is 19.3 Å². The summed E-state index contributed by atoms with van der Waals surface area (Å²) in [5.74, 6) is -0.0950. The van der Waals surface area contributed by atoms with E-state index in [1.165, 1.54) is 0 Å². The third-order valence-electron chi connectivity index (χ3n) is 4.75. The molecule has 1 saturated heterocycles. The summed E-state index contributed by atoms with van der Waals surface area (Å²) in [7, 11) is 0. The molecule has 27 heavy (non-hydrogen) atoms. The van der Waals surface area contributed by atoms with E-state index in [0.717, 1.165) is 55.9 Å². The highest BCUT2D eigenvalue weighted by atomic mass is 35.5. The van der Waals surface area contributed by atoms with Gasteiger partial charge in [-0.15, -0.1) is 12.4 Å². The van der Waals surface area contributed by atoms with Gasteiger partial charge in [0.2, 0.25) is 0 Å². The Labute approximate surface area is 165 Å². The van der Waals surface area contributed by atoms with Gasteiger partial charge in [-0.2, -0.15) is 0 Å². The zero-order valence-corrected chi connectivity index (χ0v) is 15.9. The number of halogens is 1. The minimum atomic E-state index is -0.0950. The molecule has 1 N–H and O–H groups in total. The molecule has 1 aromatic carbocycles. The molecule has 2 aliphatic rings. The summed E-state index contributed by atoms with van der Waals surface area (Å²) >= 11 is 0. The van der Waals surface area contributed by atoms with Gasteiger partial charge in [-0.3, -0.25) is 9.78 Å². The zero-order chi connectivity index (χ0) is 17.8. The highest BCUT2D eigenvalue weighted by Gasteiger charge is 2.24. The molecule has 144 valence electrons. The lowest BCUT2D eigenvalue weighted by Crippen LogP contribution is -2.25. The molecule has 2 aliphatic heterocycles. The largest absolute Gasteiger partial charge is 0.353 e. The van der Waals surface area contributed by atoms with E-state index in [1.54, 1.807) is 12.4 Å². The van der Waals surface area contributed by atoms with Gasteiger partial charge in [-0.25, -0.2) is 0 Å². The van der Waals surface area contributed by atoms with Crippen molar-refractivity contribution >= 4 is 35.4 Å². The van der Waals surface area contributed by atoms with E-state index in [9.17, 15) is 4.79 Å². The number of ether oxygens (including phenoxy) is 2. The van der Waals surface area contributed by atoms with Crippen LogP contribution in [0.4, 0.5) is 17.1 Å². The summed E-state index contributed by atoms with van der Waals surface area (Å²) in [6.07, 6.45) is 7.50. The average Bonchev–Trinajstić information content (AvgIpc) is 2.81. The number of anilines is 3. The molecular formula is C20H24ClN3O3. The molecular weight excluding hydrogens is 366 g/mol. The van der Waals surface area contributed by atoms with Crippen molar-refractivity contribution in [1.82, 2.24) is 4.98 Å². The van der Waals surface area contributed by atoms with Crippen LogP contribution in [0.2, 0.25) is 0 Å². The van der Waals surface area contributed by atoms with E-state index >= 15 is 0 Å². The molecule has 2 aromatic rings. The average molecular weight is 390 g/mol. The molecule has 0 aliphatic carbocycles. The zero-order valence-electron chi connectivity index (χ0n) is 15.1. The van der Waals surface area contributed by atoms with Crippen LogP contribution in [0.25, 0.3) is 0 Å². The lowest BCUT2D eigenvalue weighted by molar-refractivity contribution is -0.162. The molecule has 0 saturated carbocycles. The minimum Gasteiger partial charge on any atom is -0.353 e. The Morgan fingerprint density at radius 2 is 2.11 bits per heavy atom. The number of amides is 1. The maximum absolute atomic E-state index is 12.6. The Kier molecular flexibility index (Phi) is 6.66. The standard InChI is InChI=1S/C20H23N3O3.ClH/c24-20-15-6-1-2-7-17(15)23(18-14-21-10-9-16(18)22-20)11-5-13-26-19-8-3-4-12-25-19;/h1-2,6-7,9-10,14,19H,3-5,8,11-13H2,(H,22,24);1H. The molecule has 4 rings (SSSR count). The van der Waals surface area contributed by atoms with Crippen LogP contribution >= 0.6 is 12.4 Å². The van der Waals surface area contributed by atoms with E-state index < -0.39 is 0 Å². The van der Waals surface area contributed by atoms with Crippen LogP contribution in [-0.4, -0.2) is 36.9 Å². The monoisotopic (exact) mass is 389 g/mol. The number of carbonyl (C=O) groups is 1. The van der Waals surface area contributed by atoms with Gasteiger partial charge in [-0.1, -0.05) is 12.1 Å². The third kappa shape index (κ3) is 4.40. The number of pyridine rings is 1. The molecule has 3 heterocycles. The predicted molar refractivity (Wildman–Crippen MR) is 107 cm³/mol.